The first-order valence-electron chi connectivity index (χ1n) is 12.6. The molecular formula is C29H31N3O5. The summed E-state index contributed by atoms with van der Waals surface area (Å²) in [4.78, 5) is 15.8. The smallest absolute Gasteiger partial charge is 0.255 e. The lowest BCUT2D eigenvalue weighted by atomic mass is 9.49. The Morgan fingerprint density at radius 2 is 2.05 bits per heavy atom. The number of hydrogen-bond acceptors (Lipinski definition) is 7. The van der Waals surface area contributed by atoms with Gasteiger partial charge in [-0.15, -0.1) is 0 Å². The van der Waals surface area contributed by atoms with Crippen molar-refractivity contribution in [3.63, 3.8) is 0 Å². The highest BCUT2D eigenvalue weighted by atomic mass is 16.5. The molecule has 0 radical (unpaired) electrons. The lowest BCUT2D eigenvalue weighted by Gasteiger charge is -2.62. The minimum absolute atomic E-state index is 0. The minimum atomic E-state index is -1.36. The van der Waals surface area contributed by atoms with Crippen LogP contribution >= 0.6 is 0 Å². The van der Waals surface area contributed by atoms with Gasteiger partial charge in [0.1, 0.15) is 5.76 Å². The van der Waals surface area contributed by atoms with E-state index in [9.17, 15) is 25.4 Å². The van der Waals surface area contributed by atoms with Gasteiger partial charge in [0.15, 0.2) is 17.6 Å². The van der Waals surface area contributed by atoms with Crippen LogP contribution in [0.25, 0.3) is 0 Å². The number of hydrogen-bond donors (Lipinski definition) is 4. The molecule has 2 bridgehead atoms. The molecule has 1 saturated carbocycles. The van der Waals surface area contributed by atoms with Gasteiger partial charge < -0.3 is 25.4 Å². The Balaban J connectivity index is 0.00000252. The first-order valence-corrected chi connectivity index (χ1v) is 12.6. The van der Waals surface area contributed by atoms with E-state index in [1.807, 2.05) is 6.07 Å². The lowest BCUT2D eigenvalue weighted by molar-refractivity contribution is -0.172. The average Bonchev–Trinajstić information content (AvgIpc) is 3.61. The molecule has 3 aliphatic carbocycles. The first kappa shape index (κ1) is 23.8. The molecule has 2 aromatic carbocycles. The molecule has 2 aliphatic heterocycles. The second-order valence-electron chi connectivity index (χ2n) is 10.9. The number of nitriles is 1. The van der Waals surface area contributed by atoms with Crippen molar-refractivity contribution in [1.82, 2.24) is 4.90 Å². The summed E-state index contributed by atoms with van der Waals surface area (Å²) in [5.41, 5.74) is 0.427. The number of aliphatic hydroxyl groups is 2. The Morgan fingerprint density at radius 3 is 2.81 bits per heavy atom. The standard InChI is InChI=1S/C28H27N3O5.CH4/c29-13-16-2-1-3-18(10-16)30-26(34)19-12-28(35)21-11-17-6-7-20(32)24-22(17)27(28,25(36-24)23(19)33)8-9-31(21)14-15-4-5-15;/h1-3,6-7,10,15,21,25,32-33,35H,4-5,8-9,11-12,14H2,(H,30,34);1H4/t21-,25+,27+,28-;/m1./s1. The van der Waals surface area contributed by atoms with Crippen molar-refractivity contribution in [2.24, 2.45) is 5.92 Å². The topological polar surface area (TPSA) is 126 Å². The Morgan fingerprint density at radius 1 is 1.24 bits per heavy atom. The predicted molar refractivity (Wildman–Crippen MR) is 136 cm³/mol. The average molecular weight is 502 g/mol. The van der Waals surface area contributed by atoms with E-state index in [4.69, 9.17) is 4.74 Å². The molecule has 0 unspecified atom stereocenters. The van der Waals surface area contributed by atoms with Gasteiger partial charge >= 0.3 is 0 Å². The quantitative estimate of drug-likeness (QED) is 0.505. The maximum atomic E-state index is 13.5. The number of phenols is 1. The highest BCUT2D eigenvalue weighted by molar-refractivity contribution is 6.04. The fourth-order valence-electron chi connectivity index (χ4n) is 7.24. The molecule has 8 heteroatoms. The van der Waals surface area contributed by atoms with Crippen LogP contribution in [0.2, 0.25) is 0 Å². The summed E-state index contributed by atoms with van der Waals surface area (Å²) in [7, 11) is 0. The number of carbonyl (C=O) groups is 1. The number of amides is 1. The van der Waals surface area contributed by atoms with E-state index in [1.54, 1.807) is 30.3 Å². The van der Waals surface area contributed by atoms with Gasteiger partial charge in [-0.25, -0.2) is 0 Å². The highest BCUT2D eigenvalue weighted by Crippen LogP contribution is 2.66. The Bertz CT molecular complexity index is 1390. The van der Waals surface area contributed by atoms with Gasteiger partial charge in [0.2, 0.25) is 0 Å². The summed E-state index contributed by atoms with van der Waals surface area (Å²) in [6, 6.07) is 11.9. The van der Waals surface area contributed by atoms with E-state index in [0.717, 1.165) is 24.2 Å². The van der Waals surface area contributed by atoms with Crippen molar-refractivity contribution < 1.29 is 24.9 Å². The van der Waals surface area contributed by atoms with Crippen LogP contribution < -0.4 is 10.1 Å². The zero-order valence-corrected chi connectivity index (χ0v) is 19.7. The molecule has 5 aliphatic rings. The van der Waals surface area contributed by atoms with Crippen LogP contribution in [0.15, 0.2) is 47.7 Å². The van der Waals surface area contributed by atoms with Crippen LogP contribution in [0.3, 0.4) is 0 Å². The highest BCUT2D eigenvalue weighted by Gasteiger charge is 2.73. The molecule has 2 heterocycles. The second kappa shape index (κ2) is 7.98. The van der Waals surface area contributed by atoms with Gasteiger partial charge in [0.05, 0.1) is 28.2 Å². The molecular weight excluding hydrogens is 470 g/mol. The summed E-state index contributed by atoms with van der Waals surface area (Å²) >= 11 is 0. The normalized spacial score (nSPS) is 31.0. The van der Waals surface area contributed by atoms with Gasteiger partial charge in [-0.3, -0.25) is 9.69 Å². The maximum Gasteiger partial charge on any atom is 0.255 e. The van der Waals surface area contributed by atoms with E-state index in [1.165, 1.54) is 12.8 Å². The van der Waals surface area contributed by atoms with Crippen molar-refractivity contribution in [2.45, 2.75) is 62.7 Å². The molecule has 1 spiro atoms. The lowest BCUT2D eigenvalue weighted by Crippen LogP contribution is -2.75. The van der Waals surface area contributed by atoms with Crippen LogP contribution in [0.5, 0.6) is 11.5 Å². The Kier molecular flexibility index (Phi) is 5.14. The molecule has 7 rings (SSSR count). The van der Waals surface area contributed by atoms with Crippen LogP contribution in [0, 0.1) is 17.2 Å². The van der Waals surface area contributed by atoms with Gasteiger partial charge in [0.25, 0.3) is 5.91 Å². The Hall–Kier alpha value is -3.54. The molecule has 2 aromatic rings. The van der Waals surface area contributed by atoms with Crippen molar-refractivity contribution in [3.8, 4) is 17.6 Å². The molecule has 192 valence electrons. The molecule has 37 heavy (non-hydrogen) atoms. The fourth-order valence-corrected chi connectivity index (χ4v) is 7.24. The zero-order chi connectivity index (χ0) is 24.8. The largest absolute Gasteiger partial charge is 0.508 e. The number of aromatic hydroxyl groups is 1. The molecule has 4 atom stereocenters. The summed E-state index contributed by atoms with van der Waals surface area (Å²) in [5.74, 6) is 0.183. The van der Waals surface area contributed by atoms with E-state index in [0.29, 0.717) is 35.8 Å². The maximum absolute atomic E-state index is 13.5. The SMILES string of the molecule is C.N#Cc1cccc(NC(=O)C2=C(O)[C@@H]3Oc4c(O)ccc5c4[C@@]34CCN(CC3CC3)[C@H](C5)[C@]4(O)C2)c1. The number of aliphatic hydroxyl groups excluding tert-OH is 1. The predicted octanol–water partition coefficient (Wildman–Crippen LogP) is 3.52. The third-order valence-corrected chi connectivity index (χ3v) is 9.04. The molecule has 8 nitrogen and oxygen atoms in total. The number of ether oxygens (including phenoxy) is 1. The number of carbonyl (C=O) groups excluding carboxylic acids is 1. The number of anilines is 1. The van der Waals surface area contributed by atoms with E-state index in [2.05, 4.69) is 16.3 Å². The van der Waals surface area contributed by atoms with Crippen LogP contribution in [-0.2, 0) is 16.6 Å². The van der Waals surface area contributed by atoms with E-state index in [-0.39, 0.29) is 37.0 Å². The third kappa shape index (κ3) is 3.11. The third-order valence-electron chi connectivity index (χ3n) is 9.04. The zero-order valence-electron chi connectivity index (χ0n) is 19.7. The van der Waals surface area contributed by atoms with Crippen LogP contribution in [0.1, 0.15) is 49.8 Å². The van der Waals surface area contributed by atoms with Crippen LogP contribution in [-0.4, -0.2) is 57.0 Å². The molecule has 4 N–H and O–H groups in total. The Labute approximate surface area is 215 Å². The van der Waals surface area contributed by atoms with Gasteiger partial charge in [0, 0.05) is 30.3 Å². The summed E-state index contributed by atoms with van der Waals surface area (Å²) in [6.45, 7) is 1.67. The van der Waals surface area contributed by atoms with Crippen molar-refractivity contribution in [2.75, 3.05) is 18.4 Å². The van der Waals surface area contributed by atoms with Gasteiger partial charge in [-0.2, -0.15) is 5.26 Å². The van der Waals surface area contributed by atoms with E-state index < -0.39 is 23.0 Å². The molecule has 0 aromatic heterocycles. The molecule has 1 saturated heterocycles. The summed E-state index contributed by atoms with van der Waals surface area (Å²) in [6.07, 6.45) is 2.55. The second-order valence-corrected chi connectivity index (χ2v) is 10.9. The van der Waals surface area contributed by atoms with Gasteiger partial charge in [-0.05, 0) is 68.0 Å². The number of phenolic OH excluding ortho intramolecular Hbond substituents is 1. The minimum Gasteiger partial charge on any atom is -0.508 e. The number of likely N-dealkylation sites (tertiary alicyclic amines) is 1. The number of nitrogens with zero attached hydrogens (tertiary/aromatic N) is 2. The van der Waals surface area contributed by atoms with Crippen molar-refractivity contribution in [3.05, 3.63) is 64.4 Å². The van der Waals surface area contributed by atoms with Gasteiger partial charge in [-0.1, -0.05) is 19.6 Å². The number of rotatable bonds is 4. The van der Waals surface area contributed by atoms with Crippen molar-refractivity contribution in [1.29, 1.82) is 5.26 Å². The van der Waals surface area contributed by atoms with Crippen LogP contribution in [0.4, 0.5) is 5.69 Å². The molecule has 2 fully saturated rings. The number of nitrogens with one attached hydrogen (secondary N) is 1. The number of piperidine rings is 1. The molecule has 1 amide bonds. The monoisotopic (exact) mass is 501 g/mol. The fraction of sp³-hybridized carbons (Fsp3) is 0.448. The first-order chi connectivity index (χ1) is 17.4. The summed E-state index contributed by atoms with van der Waals surface area (Å²) < 4.78 is 6.22. The number of benzene rings is 2. The van der Waals surface area contributed by atoms with Crippen molar-refractivity contribution >= 4 is 11.6 Å². The summed E-state index contributed by atoms with van der Waals surface area (Å²) in [5, 5.41) is 46.7. The van der Waals surface area contributed by atoms with E-state index >= 15 is 0 Å².